The third kappa shape index (κ3) is 2.93. The monoisotopic (exact) mass is 349 g/mol. The molecule has 2 N–H and O–H groups in total. The van der Waals surface area contributed by atoms with E-state index in [2.05, 4.69) is 24.9 Å². The molecule has 0 fully saturated rings. The molecule has 1 unspecified atom stereocenters. The lowest BCUT2D eigenvalue weighted by Crippen LogP contribution is -2.05. The standard InChI is InChI=1S/C14H15N5O2S2/c1-7-9(11(15)12-13(16-7)19-21-18-12)6-8-4-5-10(23(3)20)14(17-8)22-2/h4-5H,6,15H2,1-3H3. The van der Waals surface area contributed by atoms with Crippen molar-refractivity contribution in [3.63, 3.8) is 0 Å². The number of nitrogen functional groups attached to an aromatic ring is 1. The first-order chi connectivity index (χ1) is 11.0. The second-order valence-corrected chi connectivity index (χ2v) is 7.11. The van der Waals surface area contributed by atoms with Crippen molar-refractivity contribution in [2.75, 3.05) is 18.2 Å². The number of anilines is 1. The highest BCUT2D eigenvalue weighted by Gasteiger charge is 2.16. The van der Waals surface area contributed by atoms with Crippen molar-refractivity contribution in [1.29, 1.82) is 0 Å². The molecule has 120 valence electrons. The van der Waals surface area contributed by atoms with E-state index in [1.54, 1.807) is 6.26 Å². The van der Waals surface area contributed by atoms with Gasteiger partial charge in [0.1, 0.15) is 5.03 Å². The summed E-state index contributed by atoms with van der Waals surface area (Å²) in [5.74, 6) is 0. The first-order valence-electron chi connectivity index (χ1n) is 6.75. The Balaban J connectivity index is 2.04. The van der Waals surface area contributed by atoms with Gasteiger partial charge in [-0.05, 0) is 35.6 Å². The Hall–Kier alpha value is -2.00. The number of hydrogen-bond acceptors (Lipinski definition) is 8. The number of aryl methyl sites for hydroxylation is 1. The molecule has 9 heteroatoms. The van der Waals surface area contributed by atoms with Crippen molar-refractivity contribution in [2.24, 2.45) is 0 Å². The molecule has 0 aliphatic carbocycles. The topological polar surface area (TPSA) is 108 Å². The number of fused-ring (bicyclic) bond motifs is 1. The van der Waals surface area contributed by atoms with Crippen molar-refractivity contribution in [3.05, 3.63) is 29.1 Å². The molecule has 0 aromatic carbocycles. The van der Waals surface area contributed by atoms with Gasteiger partial charge in [-0.15, -0.1) is 11.8 Å². The Morgan fingerprint density at radius 1 is 1.30 bits per heavy atom. The summed E-state index contributed by atoms with van der Waals surface area (Å²) < 4.78 is 16.4. The van der Waals surface area contributed by atoms with Crippen LogP contribution in [0.15, 0.2) is 26.7 Å². The Bertz CT molecular complexity index is 910. The lowest BCUT2D eigenvalue weighted by Gasteiger charge is -2.10. The third-order valence-corrected chi connectivity index (χ3v) is 5.28. The molecular formula is C14H15N5O2S2. The highest BCUT2D eigenvalue weighted by atomic mass is 32.2. The predicted molar refractivity (Wildman–Crippen MR) is 89.9 cm³/mol. The summed E-state index contributed by atoms with van der Waals surface area (Å²) in [6.07, 6.45) is 4.07. The number of thioether (sulfide) groups is 1. The van der Waals surface area contributed by atoms with E-state index < -0.39 is 10.8 Å². The minimum Gasteiger partial charge on any atom is -0.396 e. The van der Waals surface area contributed by atoms with Crippen LogP contribution < -0.4 is 5.73 Å². The van der Waals surface area contributed by atoms with Gasteiger partial charge in [0.2, 0.25) is 5.65 Å². The molecule has 3 rings (SSSR count). The van der Waals surface area contributed by atoms with Crippen LogP contribution in [-0.4, -0.2) is 37.0 Å². The van der Waals surface area contributed by atoms with Crippen LogP contribution >= 0.6 is 11.8 Å². The zero-order chi connectivity index (χ0) is 16.6. The highest BCUT2D eigenvalue weighted by Crippen LogP contribution is 2.27. The molecule has 0 aliphatic heterocycles. The molecule has 3 heterocycles. The van der Waals surface area contributed by atoms with Crippen LogP contribution in [-0.2, 0) is 17.2 Å². The number of rotatable bonds is 4. The van der Waals surface area contributed by atoms with Crippen molar-refractivity contribution in [2.45, 2.75) is 23.3 Å². The van der Waals surface area contributed by atoms with Gasteiger partial charge in [-0.3, -0.25) is 4.21 Å². The van der Waals surface area contributed by atoms with E-state index in [-0.39, 0.29) is 0 Å². The van der Waals surface area contributed by atoms with E-state index in [0.717, 1.165) is 26.9 Å². The largest absolute Gasteiger partial charge is 0.396 e. The molecule has 7 nitrogen and oxygen atoms in total. The van der Waals surface area contributed by atoms with Crippen LogP contribution in [0.1, 0.15) is 17.0 Å². The maximum absolute atomic E-state index is 11.7. The molecule has 1 atom stereocenters. The van der Waals surface area contributed by atoms with Gasteiger partial charge in [0.15, 0.2) is 5.52 Å². The van der Waals surface area contributed by atoms with Crippen molar-refractivity contribution < 1.29 is 8.84 Å². The lowest BCUT2D eigenvalue weighted by molar-refractivity contribution is 0.315. The molecule has 0 radical (unpaired) electrons. The van der Waals surface area contributed by atoms with Gasteiger partial charge < -0.3 is 5.73 Å². The molecule has 0 spiro atoms. The zero-order valence-corrected chi connectivity index (χ0v) is 14.5. The summed E-state index contributed by atoms with van der Waals surface area (Å²) in [4.78, 5) is 9.67. The van der Waals surface area contributed by atoms with Crippen molar-refractivity contribution in [3.8, 4) is 0 Å². The fourth-order valence-corrected chi connectivity index (χ4v) is 3.96. The molecule has 0 bridgehead atoms. The van der Waals surface area contributed by atoms with Gasteiger partial charge in [0.05, 0.1) is 21.4 Å². The summed E-state index contributed by atoms with van der Waals surface area (Å²) in [6.45, 7) is 1.87. The Labute approximate surface area is 139 Å². The fourth-order valence-electron chi connectivity index (χ4n) is 2.32. The molecule has 3 aromatic heterocycles. The molecule has 0 aliphatic rings. The van der Waals surface area contributed by atoms with E-state index in [1.807, 2.05) is 25.3 Å². The minimum absolute atomic E-state index is 0.401. The zero-order valence-electron chi connectivity index (χ0n) is 12.9. The summed E-state index contributed by atoms with van der Waals surface area (Å²) in [5.41, 5.74) is 9.98. The Kier molecular flexibility index (Phi) is 4.31. The Morgan fingerprint density at radius 3 is 2.78 bits per heavy atom. The van der Waals surface area contributed by atoms with Gasteiger partial charge in [-0.1, -0.05) is 0 Å². The normalized spacial score (nSPS) is 12.7. The highest BCUT2D eigenvalue weighted by molar-refractivity contribution is 7.99. The summed E-state index contributed by atoms with van der Waals surface area (Å²) in [7, 11) is -1.07. The van der Waals surface area contributed by atoms with Gasteiger partial charge >= 0.3 is 0 Å². The van der Waals surface area contributed by atoms with Crippen molar-refractivity contribution in [1.82, 2.24) is 20.3 Å². The van der Waals surface area contributed by atoms with Crippen LogP contribution in [0.2, 0.25) is 0 Å². The number of aromatic nitrogens is 4. The number of hydrogen-bond donors (Lipinski definition) is 1. The van der Waals surface area contributed by atoms with Crippen molar-refractivity contribution >= 4 is 39.4 Å². The molecule has 0 saturated carbocycles. The van der Waals surface area contributed by atoms with E-state index in [4.69, 9.17) is 5.73 Å². The molecule has 23 heavy (non-hydrogen) atoms. The number of nitrogens with two attached hydrogens (primary N) is 1. The summed E-state index contributed by atoms with van der Waals surface area (Å²) in [5, 5.41) is 8.27. The second-order valence-electron chi connectivity index (χ2n) is 4.97. The second kappa shape index (κ2) is 6.25. The van der Waals surface area contributed by atoms with E-state index in [9.17, 15) is 4.21 Å². The fraction of sp³-hybridized carbons (Fsp3) is 0.286. The maximum atomic E-state index is 11.7. The quantitative estimate of drug-likeness (QED) is 0.712. The Morgan fingerprint density at radius 2 is 2.09 bits per heavy atom. The van der Waals surface area contributed by atoms with Gasteiger partial charge in [0, 0.05) is 29.6 Å². The average molecular weight is 349 g/mol. The van der Waals surface area contributed by atoms with Crippen LogP contribution in [0.3, 0.4) is 0 Å². The average Bonchev–Trinajstić information content (AvgIpc) is 2.99. The summed E-state index contributed by atoms with van der Waals surface area (Å²) in [6, 6.07) is 3.71. The van der Waals surface area contributed by atoms with Gasteiger partial charge in [0.25, 0.3) is 0 Å². The van der Waals surface area contributed by atoms with Crippen LogP contribution in [0.25, 0.3) is 11.2 Å². The van der Waals surface area contributed by atoms with Gasteiger partial charge in [-0.25, -0.2) is 14.6 Å². The van der Waals surface area contributed by atoms with Crippen LogP contribution in [0.5, 0.6) is 0 Å². The minimum atomic E-state index is -1.07. The SMILES string of the molecule is CSc1nc(Cc2c(C)nc3nonc3c2N)ccc1S(C)=O. The maximum Gasteiger partial charge on any atom is 0.226 e. The number of pyridine rings is 2. The number of nitrogens with zero attached hydrogens (tertiary/aromatic N) is 4. The molecule has 0 amide bonds. The van der Waals surface area contributed by atoms with E-state index in [0.29, 0.717) is 23.3 Å². The summed E-state index contributed by atoms with van der Waals surface area (Å²) >= 11 is 1.47. The van der Waals surface area contributed by atoms with E-state index >= 15 is 0 Å². The molecular weight excluding hydrogens is 334 g/mol. The first-order valence-corrected chi connectivity index (χ1v) is 9.54. The molecule has 0 saturated heterocycles. The lowest BCUT2D eigenvalue weighted by atomic mass is 10.1. The first kappa shape index (κ1) is 15.9. The van der Waals surface area contributed by atoms with Crippen LogP contribution in [0.4, 0.5) is 5.69 Å². The van der Waals surface area contributed by atoms with Gasteiger partial charge in [-0.2, -0.15) is 0 Å². The predicted octanol–water partition coefficient (Wildman–Crippen LogP) is 1.95. The smallest absolute Gasteiger partial charge is 0.226 e. The third-order valence-electron chi connectivity index (χ3n) is 3.51. The molecule has 3 aromatic rings. The van der Waals surface area contributed by atoms with Crippen LogP contribution in [0, 0.1) is 6.92 Å². The van der Waals surface area contributed by atoms with E-state index in [1.165, 1.54) is 11.8 Å².